The molecule has 5 nitrogen and oxygen atoms in total. The summed E-state index contributed by atoms with van der Waals surface area (Å²) in [5.41, 5.74) is 0. The van der Waals surface area contributed by atoms with Crippen molar-refractivity contribution in [1.82, 2.24) is 9.80 Å². The number of aliphatic hydroxyl groups is 1. The first kappa shape index (κ1) is 12.8. The van der Waals surface area contributed by atoms with Gasteiger partial charge in [-0.15, -0.1) is 0 Å². The lowest BCUT2D eigenvalue weighted by Gasteiger charge is -2.31. The molecule has 2 heterocycles. The number of ether oxygens (including phenoxy) is 1. The smallest absolute Gasteiger partial charge is 0.224 e. The standard InChI is InChI=1S/C12H22N2O3/c15-11-1-4-13(5-2-11)6-3-12(16)14-7-9-17-10-8-14/h11,15H,1-10H2. The van der Waals surface area contributed by atoms with Crippen molar-refractivity contribution in [3.05, 3.63) is 0 Å². The van der Waals surface area contributed by atoms with Crippen LogP contribution in [0.15, 0.2) is 0 Å². The number of carbonyl (C=O) groups is 1. The van der Waals surface area contributed by atoms with Crippen LogP contribution in [0, 0.1) is 0 Å². The van der Waals surface area contributed by atoms with Crippen LogP contribution < -0.4 is 0 Å². The van der Waals surface area contributed by atoms with Crippen molar-refractivity contribution in [2.45, 2.75) is 25.4 Å². The Morgan fingerprint density at radius 1 is 1.18 bits per heavy atom. The second-order valence-electron chi connectivity index (χ2n) is 4.82. The molecule has 2 aliphatic heterocycles. The number of hydrogen-bond acceptors (Lipinski definition) is 4. The zero-order valence-corrected chi connectivity index (χ0v) is 10.3. The minimum atomic E-state index is -0.138. The topological polar surface area (TPSA) is 53.0 Å². The highest BCUT2D eigenvalue weighted by Crippen LogP contribution is 2.10. The molecule has 0 radical (unpaired) electrons. The van der Waals surface area contributed by atoms with Crippen molar-refractivity contribution in [3.8, 4) is 0 Å². The Morgan fingerprint density at radius 2 is 1.82 bits per heavy atom. The monoisotopic (exact) mass is 242 g/mol. The van der Waals surface area contributed by atoms with Crippen LogP contribution >= 0.6 is 0 Å². The molecular weight excluding hydrogens is 220 g/mol. The molecule has 1 amide bonds. The van der Waals surface area contributed by atoms with Gasteiger partial charge in [-0.3, -0.25) is 4.79 Å². The molecule has 0 atom stereocenters. The Bertz CT molecular complexity index is 246. The number of piperidine rings is 1. The van der Waals surface area contributed by atoms with Crippen LogP contribution in [0.5, 0.6) is 0 Å². The molecule has 0 aliphatic carbocycles. The van der Waals surface area contributed by atoms with E-state index in [1.165, 1.54) is 0 Å². The molecule has 5 heteroatoms. The zero-order valence-electron chi connectivity index (χ0n) is 10.3. The third-order valence-electron chi connectivity index (χ3n) is 3.56. The molecule has 0 bridgehead atoms. The van der Waals surface area contributed by atoms with Gasteiger partial charge in [-0.25, -0.2) is 0 Å². The van der Waals surface area contributed by atoms with Crippen LogP contribution in [0.25, 0.3) is 0 Å². The van der Waals surface area contributed by atoms with Crippen LogP contribution in [0.4, 0.5) is 0 Å². The van der Waals surface area contributed by atoms with E-state index in [1.54, 1.807) is 0 Å². The minimum absolute atomic E-state index is 0.138. The molecule has 0 unspecified atom stereocenters. The van der Waals surface area contributed by atoms with Gasteiger partial charge in [-0.1, -0.05) is 0 Å². The Morgan fingerprint density at radius 3 is 2.47 bits per heavy atom. The summed E-state index contributed by atoms with van der Waals surface area (Å²) in [6.07, 6.45) is 2.13. The molecule has 0 spiro atoms. The molecule has 17 heavy (non-hydrogen) atoms. The number of rotatable bonds is 3. The molecule has 1 N–H and O–H groups in total. The zero-order chi connectivity index (χ0) is 12.1. The van der Waals surface area contributed by atoms with Crippen LogP contribution in [-0.2, 0) is 9.53 Å². The summed E-state index contributed by atoms with van der Waals surface area (Å²) in [6.45, 7) is 5.45. The predicted molar refractivity (Wildman–Crippen MR) is 63.7 cm³/mol. The highest BCUT2D eigenvalue weighted by Gasteiger charge is 2.20. The number of hydrogen-bond donors (Lipinski definition) is 1. The van der Waals surface area contributed by atoms with Gasteiger partial charge in [-0.2, -0.15) is 0 Å². The van der Waals surface area contributed by atoms with E-state index in [1.807, 2.05) is 4.90 Å². The maximum absolute atomic E-state index is 11.9. The van der Waals surface area contributed by atoms with E-state index in [0.29, 0.717) is 19.6 Å². The molecule has 0 saturated carbocycles. The number of likely N-dealkylation sites (tertiary alicyclic amines) is 1. The van der Waals surface area contributed by atoms with Crippen molar-refractivity contribution in [3.63, 3.8) is 0 Å². The first-order valence-electron chi connectivity index (χ1n) is 6.51. The van der Waals surface area contributed by atoms with Gasteiger partial charge in [0.15, 0.2) is 0 Å². The first-order valence-corrected chi connectivity index (χ1v) is 6.51. The maximum Gasteiger partial charge on any atom is 0.224 e. The van der Waals surface area contributed by atoms with Crippen LogP contribution in [-0.4, -0.2) is 72.9 Å². The number of morpholine rings is 1. The minimum Gasteiger partial charge on any atom is -0.393 e. The van der Waals surface area contributed by atoms with Gasteiger partial charge in [0.1, 0.15) is 0 Å². The van der Waals surface area contributed by atoms with E-state index in [-0.39, 0.29) is 12.0 Å². The van der Waals surface area contributed by atoms with Gasteiger partial charge in [0.2, 0.25) is 5.91 Å². The molecule has 0 aromatic heterocycles. The van der Waals surface area contributed by atoms with E-state index in [0.717, 1.165) is 45.6 Å². The quantitative estimate of drug-likeness (QED) is 0.738. The van der Waals surface area contributed by atoms with E-state index < -0.39 is 0 Å². The molecule has 2 aliphatic rings. The van der Waals surface area contributed by atoms with E-state index in [2.05, 4.69) is 4.90 Å². The summed E-state index contributed by atoms with van der Waals surface area (Å²) in [7, 11) is 0. The van der Waals surface area contributed by atoms with E-state index in [4.69, 9.17) is 4.74 Å². The van der Waals surface area contributed by atoms with Crippen LogP contribution in [0.2, 0.25) is 0 Å². The highest BCUT2D eigenvalue weighted by molar-refractivity contribution is 5.76. The number of carbonyl (C=O) groups excluding carboxylic acids is 1. The van der Waals surface area contributed by atoms with Crippen LogP contribution in [0.1, 0.15) is 19.3 Å². The van der Waals surface area contributed by atoms with Crippen molar-refractivity contribution >= 4 is 5.91 Å². The SMILES string of the molecule is O=C(CCN1CCC(O)CC1)N1CCOCC1. The maximum atomic E-state index is 11.9. The van der Waals surface area contributed by atoms with Gasteiger partial charge >= 0.3 is 0 Å². The Hall–Kier alpha value is -0.650. The Kier molecular flexibility index (Phi) is 4.76. The van der Waals surface area contributed by atoms with Crippen molar-refractivity contribution < 1.29 is 14.6 Å². The fourth-order valence-corrected chi connectivity index (χ4v) is 2.37. The van der Waals surface area contributed by atoms with Gasteiger partial charge in [-0.05, 0) is 12.8 Å². The van der Waals surface area contributed by atoms with Crippen molar-refractivity contribution in [2.24, 2.45) is 0 Å². The Labute approximate surface area is 102 Å². The highest BCUT2D eigenvalue weighted by atomic mass is 16.5. The van der Waals surface area contributed by atoms with Crippen molar-refractivity contribution in [1.29, 1.82) is 0 Å². The summed E-state index contributed by atoms with van der Waals surface area (Å²) >= 11 is 0. The van der Waals surface area contributed by atoms with Gasteiger partial charge in [0.25, 0.3) is 0 Å². The number of aliphatic hydroxyl groups excluding tert-OH is 1. The largest absolute Gasteiger partial charge is 0.393 e. The molecule has 2 saturated heterocycles. The lowest BCUT2D eigenvalue weighted by molar-refractivity contribution is -0.135. The lowest BCUT2D eigenvalue weighted by atomic mass is 10.1. The van der Waals surface area contributed by atoms with Gasteiger partial charge < -0.3 is 19.6 Å². The second-order valence-corrected chi connectivity index (χ2v) is 4.82. The number of amides is 1. The van der Waals surface area contributed by atoms with E-state index in [9.17, 15) is 9.90 Å². The summed E-state index contributed by atoms with van der Waals surface area (Å²) < 4.78 is 5.22. The Balaban J connectivity index is 1.65. The summed E-state index contributed by atoms with van der Waals surface area (Å²) in [5, 5.41) is 9.39. The number of nitrogens with zero attached hydrogens (tertiary/aromatic N) is 2. The third kappa shape index (κ3) is 3.94. The molecule has 0 aromatic carbocycles. The molecule has 2 rings (SSSR count). The van der Waals surface area contributed by atoms with Crippen molar-refractivity contribution in [2.75, 3.05) is 45.9 Å². The molecular formula is C12H22N2O3. The normalized spacial score (nSPS) is 23.9. The second kappa shape index (κ2) is 6.33. The summed E-state index contributed by atoms with van der Waals surface area (Å²) in [4.78, 5) is 16.1. The van der Waals surface area contributed by atoms with Gasteiger partial charge in [0.05, 0.1) is 19.3 Å². The molecule has 0 aromatic rings. The first-order chi connectivity index (χ1) is 8.25. The predicted octanol–water partition coefficient (Wildman–Crippen LogP) is -0.308. The average molecular weight is 242 g/mol. The summed E-state index contributed by atoms with van der Waals surface area (Å²) in [5.74, 6) is 0.236. The average Bonchev–Trinajstić information content (AvgIpc) is 2.39. The third-order valence-corrected chi connectivity index (χ3v) is 3.56. The fourth-order valence-electron chi connectivity index (χ4n) is 2.37. The van der Waals surface area contributed by atoms with E-state index >= 15 is 0 Å². The van der Waals surface area contributed by atoms with Crippen LogP contribution in [0.3, 0.4) is 0 Å². The van der Waals surface area contributed by atoms with Gasteiger partial charge in [0, 0.05) is 39.1 Å². The lowest BCUT2D eigenvalue weighted by Crippen LogP contribution is -2.43. The molecule has 2 fully saturated rings. The fraction of sp³-hybridized carbons (Fsp3) is 0.917. The molecule has 98 valence electrons. The summed E-state index contributed by atoms with van der Waals surface area (Å²) in [6, 6.07) is 0.